The molecule has 0 saturated carbocycles. The highest BCUT2D eigenvalue weighted by Gasteiger charge is 2.23. The molecule has 0 aromatic heterocycles. The van der Waals surface area contributed by atoms with Gasteiger partial charge in [-0.2, -0.15) is 0 Å². The van der Waals surface area contributed by atoms with Gasteiger partial charge in [0.05, 0.1) is 6.54 Å². The van der Waals surface area contributed by atoms with Crippen LogP contribution in [0.15, 0.2) is 0 Å². The zero-order chi connectivity index (χ0) is 14.5. The largest absolute Gasteiger partial charge is 0.348 e. The fraction of sp³-hybridized carbons (Fsp3) is 0.929. The maximum Gasteiger partial charge on any atom is 0.236 e. The summed E-state index contributed by atoms with van der Waals surface area (Å²) in [6.07, 6.45) is 2.26. The van der Waals surface area contributed by atoms with Crippen molar-refractivity contribution >= 4 is 5.91 Å². The lowest BCUT2D eigenvalue weighted by molar-refractivity contribution is -0.130. The number of nitrogens with zero attached hydrogens (tertiary/aromatic N) is 4. The molecule has 0 aromatic rings. The summed E-state index contributed by atoms with van der Waals surface area (Å²) in [5.74, 6) is 0.204. The van der Waals surface area contributed by atoms with Gasteiger partial charge in [-0.3, -0.25) is 15.1 Å². The number of piperazine rings is 1. The van der Waals surface area contributed by atoms with Crippen molar-refractivity contribution in [2.45, 2.75) is 18.9 Å². The number of carbonyl (C=O) groups excluding carboxylic acids is 1. The molecular formula is C14H29N5O. The molecule has 6 nitrogen and oxygen atoms in total. The highest BCUT2D eigenvalue weighted by Crippen LogP contribution is 2.11. The normalized spacial score (nSPS) is 23.9. The van der Waals surface area contributed by atoms with E-state index in [1.807, 2.05) is 14.1 Å². The lowest BCUT2D eigenvalue weighted by Gasteiger charge is -2.38. The monoisotopic (exact) mass is 283 g/mol. The summed E-state index contributed by atoms with van der Waals surface area (Å²) in [5.41, 5.74) is 3.66. The summed E-state index contributed by atoms with van der Waals surface area (Å²) in [4.78, 5) is 18.0. The second kappa shape index (κ2) is 7.36. The van der Waals surface area contributed by atoms with Crippen molar-refractivity contribution in [2.24, 2.45) is 0 Å². The molecule has 2 aliphatic heterocycles. The smallest absolute Gasteiger partial charge is 0.236 e. The zero-order valence-electron chi connectivity index (χ0n) is 13.1. The molecule has 0 radical (unpaired) electrons. The van der Waals surface area contributed by atoms with Gasteiger partial charge in [0.1, 0.15) is 0 Å². The highest BCUT2D eigenvalue weighted by atomic mass is 16.2. The number of piperidine rings is 1. The van der Waals surface area contributed by atoms with Crippen molar-refractivity contribution in [1.29, 1.82) is 0 Å². The minimum Gasteiger partial charge on any atom is -0.348 e. The second-order valence-electron chi connectivity index (χ2n) is 6.26. The first-order chi connectivity index (χ1) is 9.54. The minimum absolute atomic E-state index is 0.204. The average molecular weight is 283 g/mol. The van der Waals surface area contributed by atoms with Gasteiger partial charge in [0.15, 0.2) is 0 Å². The first-order valence-electron chi connectivity index (χ1n) is 7.67. The summed E-state index contributed by atoms with van der Waals surface area (Å²) < 4.78 is 0. The third-order valence-electron chi connectivity index (χ3n) is 4.31. The van der Waals surface area contributed by atoms with Crippen LogP contribution in [0.25, 0.3) is 0 Å². The van der Waals surface area contributed by atoms with Crippen molar-refractivity contribution in [3.05, 3.63) is 0 Å². The van der Waals surface area contributed by atoms with Crippen LogP contribution in [0.1, 0.15) is 12.8 Å². The third-order valence-corrected chi connectivity index (χ3v) is 4.31. The highest BCUT2D eigenvalue weighted by molar-refractivity contribution is 5.77. The van der Waals surface area contributed by atoms with Gasteiger partial charge in [-0.05, 0) is 19.9 Å². The average Bonchev–Trinajstić information content (AvgIpc) is 2.43. The Balaban J connectivity index is 1.65. The van der Waals surface area contributed by atoms with Crippen molar-refractivity contribution in [3.8, 4) is 0 Å². The molecule has 0 unspecified atom stereocenters. The lowest BCUT2D eigenvalue weighted by atomic mass is 10.1. The first kappa shape index (κ1) is 15.7. The van der Waals surface area contributed by atoms with Crippen molar-refractivity contribution in [2.75, 3.05) is 67.0 Å². The molecule has 116 valence electrons. The Bertz CT molecular complexity index is 307. The molecule has 6 heteroatoms. The molecule has 0 spiro atoms. The van der Waals surface area contributed by atoms with E-state index in [1.165, 1.54) is 0 Å². The third kappa shape index (κ3) is 4.70. The Labute approximate surface area is 122 Å². The Hall–Kier alpha value is -0.690. The molecule has 1 N–H and O–H groups in total. The van der Waals surface area contributed by atoms with Crippen LogP contribution in [0.2, 0.25) is 0 Å². The number of amides is 1. The van der Waals surface area contributed by atoms with Crippen LogP contribution < -0.4 is 5.43 Å². The molecule has 0 bridgehead atoms. The van der Waals surface area contributed by atoms with E-state index >= 15 is 0 Å². The number of hydrazine groups is 1. The maximum atomic E-state index is 11.7. The van der Waals surface area contributed by atoms with Crippen molar-refractivity contribution in [1.82, 2.24) is 25.1 Å². The van der Waals surface area contributed by atoms with Crippen LogP contribution in [0.5, 0.6) is 0 Å². The van der Waals surface area contributed by atoms with Gasteiger partial charge in [0.25, 0.3) is 0 Å². The number of rotatable bonds is 4. The van der Waals surface area contributed by atoms with E-state index in [1.54, 1.807) is 4.90 Å². The fourth-order valence-electron chi connectivity index (χ4n) is 2.75. The van der Waals surface area contributed by atoms with Crippen LogP contribution >= 0.6 is 0 Å². The number of likely N-dealkylation sites (tertiary alicyclic amines) is 1. The fourth-order valence-corrected chi connectivity index (χ4v) is 2.75. The number of likely N-dealkylation sites (N-methyl/N-ethyl adjacent to an activating group) is 2. The van der Waals surface area contributed by atoms with E-state index in [2.05, 4.69) is 27.3 Å². The van der Waals surface area contributed by atoms with Crippen molar-refractivity contribution in [3.63, 3.8) is 0 Å². The van der Waals surface area contributed by atoms with Gasteiger partial charge in [0, 0.05) is 59.4 Å². The Morgan fingerprint density at radius 3 is 2.25 bits per heavy atom. The molecule has 2 rings (SSSR count). The van der Waals surface area contributed by atoms with Gasteiger partial charge in [-0.25, -0.2) is 5.01 Å². The quantitative estimate of drug-likeness (QED) is 0.738. The van der Waals surface area contributed by atoms with Crippen LogP contribution in [0, 0.1) is 0 Å². The molecule has 0 atom stereocenters. The predicted octanol–water partition coefficient (Wildman–Crippen LogP) is -0.709. The van der Waals surface area contributed by atoms with E-state index in [0.29, 0.717) is 12.6 Å². The lowest BCUT2D eigenvalue weighted by Crippen LogP contribution is -2.56. The van der Waals surface area contributed by atoms with Crippen LogP contribution in [-0.4, -0.2) is 98.6 Å². The van der Waals surface area contributed by atoms with E-state index < -0.39 is 0 Å². The molecule has 2 aliphatic rings. The maximum absolute atomic E-state index is 11.7. The summed E-state index contributed by atoms with van der Waals surface area (Å²) in [5, 5.41) is 2.37. The number of nitrogens with one attached hydrogen (secondary N) is 1. The van der Waals surface area contributed by atoms with E-state index in [4.69, 9.17) is 0 Å². The summed E-state index contributed by atoms with van der Waals surface area (Å²) >= 11 is 0. The van der Waals surface area contributed by atoms with Crippen molar-refractivity contribution < 1.29 is 4.79 Å². The molecule has 1 amide bonds. The van der Waals surface area contributed by atoms with Gasteiger partial charge >= 0.3 is 0 Å². The van der Waals surface area contributed by atoms with Crippen LogP contribution in [-0.2, 0) is 4.79 Å². The molecule has 0 aromatic carbocycles. The summed E-state index contributed by atoms with van der Waals surface area (Å²) in [6, 6.07) is 0.573. The Morgan fingerprint density at radius 2 is 1.70 bits per heavy atom. The Kier molecular flexibility index (Phi) is 5.77. The molecule has 2 fully saturated rings. The SMILES string of the molecule is CN1CCN(NC2CCN(CC(=O)N(C)C)CC2)CC1. The molecular weight excluding hydrogens is 254 g/mol. The standard InChI is InChI=1S/C14H29N5O/c1-16(2)14(20)12-18-6-4-13(5-7-18)15-19-10-8-17(3)9-11-19/h13,15H,4-12H2,1-3H3. The molecule has 0 aliphatic carbocycles. The van der Waals surface area contributed by atoms with Gasteiger partial charge in [-0.1, -0.05) is 0 Å². The summed E-state index contributed by atoms with van der Waals surface area (Å²) in [6.45, 7) is 7.10. The first-order valence-corrected chi connectivity index (χ1v) is 7.67. The molecule has 2 saturated heterocycles. The molecule has 20 heavy (non-hydrogen) atoms. The zero-order valence-corrected chi connectivity index (χ0v) is 13.1. The topological polar surface area (TPSA) is 42.1 Å². The summed E-state index contributed by atoms with van der Waals surface area (Å²) in [7, 11) is 5.83. The van der Waals surface area contributed by atoms with Gasteiger partial charge < -0.3 is 9.80 Å². The van der Waals surface area contributed by atoms with Gasteiger partial charge in [0.2, 0.25) is 5.91 Å². The van der Waals surface area contributed by atoms with Gasteiger partial charge in [-0.15, -0.1) is 0 Å². The number of hydrogen-bond donors (Lipinski definition) is 1. The second-order valence-corrected chi connectivity index (χ2v) is 6.26. The van der Waals surface area contributed by atoms with Crippen LogP contribution in [0.3, 0.4) is 0 Å². The predicted molar refractivity (Wildman–Crippen MR) is 80.4 cm³/mol. The Morgan fingerprint density at radius 1 is 1.10 bits per heavy atom. The van der Waals surface area contributed by atoms with E-state index in [0.717, 1.165) is 52.1 Å². The van der Waals surface area contributed by atoms with E-state index in [-0.39, 0.29) is 5.91 Å². The number of carbonyl (C=O) groups is 1. The van der Waals surface area contributed by atoms with Crippen LogP contribution in [0.4, 0.5) is 0 Å². The minimum atomic E-state index is 0.204. The number of hydrogen-bond acceptors (Lipinski definition) is 5. The van der Waals surface area contributed by atoms with E-state index in [9.17, 15) is 4.79 Å². The molecule has 2 heterocycles.